The monoisotopic (exact) mass is 390 g/mol. The third-order valence-electron chi connectivity index (χ3n) is 5.70. The standard InChI is InChI=1S/C18H26N6O2S/c1-11(2)16-5-17(20-10-19-16)23-6-14-8-24(9-15(14)7-23)27(25,26)18-12(3)21-22-13(18)4/h5,10-11,14-15H,6-9H2,1-4H3,(H,21,22). The van der Waals surface area contributed by atoms with Crippen LogP contribution in [0.15, 0.2) is 17.3 Å². The molecule has 2 unspecified atom stereocenters. The second-order valence-corrected chi connectivity index (χ2v) is 9.84. The Bertz CT molecular complexity index is 921. The van der Waals surface area contributed by atoms with E-state index in [1.54, 1.807) is 24.5 Å². The van der Waals surface area contributed by atoms with Crippen LogP contribution in [-0.2, 0) is 10.0 Å². The number of nitrogens with zero attached hydrogens (tertiary/aromatic N) is 5. The lowest BCUT2D eigenvalue weighted by Crippen LogP contribution is -2.34. The van der Waals surface area contributed by atoms with Crippen LogP contribution in [0.4, 0.5) is 5.82 Å². The first-order valence-corrected chi connectivity index (χ1v) is 10.8. The molecule has 2 aliphatic heterocycles. The Morgan fingerprint density at radius 1 is 1.11 bits per heavy atom. The van der Waals surface area contributed by atoms with Gasteiger partial charge in [-0.1, -0.05) is 13.8 Å². The normalized spacial score (nSPS) is 23.4. The van der Waals surface area contributed by atoms with E-state index < -0.39 is 10.0 Å². The molecule has 0 saturated carbocycles. The Balaban J connectivity index is 1.50. The molecule has 4 rings (SSSR count). The number of aromatic amines is 1. The molecule has 0 aromatic carbocycles. The van der Waals surface area contributed by atoms with Crippen molar-refractivity contribution in [2.45, 2.75) is 38.5 Å². The van der Waals surface area contributed by atoms with Crippen molar-refractivity contribution in [1.29, 1.82) is 0 Å². The molecule has 2 atom stereocenters. The van der Waals surface area contributed by atoms with Gasteiger partial charge in [-0.3, -0.25) is 5.10 Å². The van der Waals surface area contributed by atoms with Gasteiger partial charge < -0.3 is 4.90 Å². The Labute approximate surface area is 160 Å². The molecule has 0 bridgehead atoms. The van der Waals surface area contributed by atoms with Gasteiger partial charge in [0, 0.05) is 37.9 Å². The molecule has 2 fully saturated rings. The molecular formula is C18H26N6O2S. The van der Waals surface area contributed by atoms with E-state index in [4.69, 9.17) is 0 Å². The van der Waals surface area contributed by atoms with Gasteiger partial charge in [-0.05, 0) is 31.6 Å². The molecule has 27 heavy (non-hydrogen) atoms. The fourth-order valence-corrected chi connectivity index (χ4v) is 6.12. The summed E-state index contributed by atoms with van der Waals surface area (Å²) in [5.74, 6) is 1.95. The first-order valence-electron chi connectivity index (χ1n) is 9.36. The van der Waals surface area contributed by atoms with Crippen LogP contribution in [-0.4, -0.2) is 59.1 Å². The summed E-state index contributed by atoms with van der Waals surface area (Å²) in [4.78, 5) is 11.4. The smallest absolute Gasteiger partial charge is 0.246 e. The number of fused-ring (bicyclic) bond motifs is 1. The highest BCUT2D eigenvalue weighted by Gasteiger charge is 2.45. The number of rotatable bonds is 4. The van der Waals surface area contributed by atoms with Gasteiger partial charge in [0.15, 0.2) is 0 Å². The first-order chi connectivity index (χ1) is 12.8. The van der Waals surface area contributed by atoms with Crippen molar-refractivity contribution < 1.29 is 8.42 Å². The molecule has 8 nitrogen and oxygen atoms in total. The highest BCUT2D eigenvalue weighted by Crippen LogP contribution is 2.36. The third-order valence-corrected chi connectivity index (χ3v) is 7.80. The van der Waals surface area contributed by atoms with Crippen molar-refractivity contribution in [3.8, 4) is 0 Å². The lowest BCUT2D eigenvalue weighted by atomic mass is 10.0. The SMILES string of the molecule is Cc1n[nH]c(C)c1S(=O)(=O)N1CC2CN(c3cc(C(C)C)ncn3)CC2C1. The third kappa shape index (κ3) is 3.12. The highest BCUT2D eigenvalue weighted by molar-refractivity contribution is 7.89. The summed E-state index contributed by atoms with van der Waals surface area (Å²) in [6.07, 6.45) is 1.62. The summed E-state index contributed by atoms with van der Waals surface area (Å²) >= 11 is 0. The molecule has 4 heterocycles. The van der Waals surface area contributed by atoms with Gasteiger partial charge >= 0.3 is 0 Å². The fourth-order valence-electron chi connectivity index (χ4n) is 4.23. The highest BCUT2D eigenvalue weighted by atomic mass is 32.2. The van der Waals surface area contributed by atoms with Crippen molar-refractivity contribution in [2.24, 2.45) is 11.8 Å². The molecule has 2 aromatic rings. The number of aryl methyl sites for hydroxylation is 2. The average Bonchev–Trinajstić information content (AvgIpc) is 3.28. The minimum atomic E-state index is -3.50. The van der Waals surface area contributed by atoms with Crippen LogP contribution in [0.25, 0.3) is 0 Å². The zero-order valence-electron chi connectivity index (χ0n) is 16.2. The number of nitrogens with one attached hydrogen (secondary N) is 1. The number of aromatic nitrogens is 4. The van der Waals surface area contributed by atoms with Crippen molar-refractivity contribution in [1.82, 2.24) is 24.5 Å². The van der Waals surface area contributed by atoms with Crippen LogP contribution in [0.3, 0.4) is 0 Å². The zero-order chi connectivity index (χ0) is 19.3. The Morgan fingerprint density at radius 3 is 2.33 bits per heavy atom. The quantitative estimate of drug-likeness (QED) is 0.854. The van der Waals surface area contributed by atoms with E-state index in [1.165, 1.54) is 0 Å². The van der Waals surface area contributed by atoms with Crippen LogP contribution in [0.2, 0.25) is 0 Å². The molecule has 2 aliphatic rings. The number of H-pyrrole nitrogens is 1. The second kappa shape index (κ2) is 6.56. The fraction of sp³-hybridized carbons (Fsp3) is 0.611. The molecule has 146 valence electrons. The van der Waals surface area contributed by atoms with Crippen molar-refractivity contribution in [2.75, 3.05) is 31.1 Å². The van der Waals surface area contributed by atoms with Gasteiger partial charge in [-0.15, -0.1) is 0 Å². The van der Waals surface area contributed by atoms with E-state index in [9.17, 15) is 8.42 Å². The zero-order valence-corrected chi connectivity index (χ0v) is 17.0. The van der Waals surface area contributed by atoms with Gasteiger partial charge in [0.05, 0.1) is 11.4 Å². The maximum Gasteiger partial charge on any atom is 0.246 e. The predicted octanol–water partition coefficient (Wildman–Crippen LogP) is 1.70. The largest absolute Gasteiger partial charge is 0.356 e. The number of hydrogen-bond donors (Lipinski definition) is 1. The van der Waals surface area contributed by atoms with E-state index >= 15 is 0 Å². The van der Waals surface area contributed by atoms with Crippen LogP contribution < -0.4 is 4.90 Å². The summed E-state index contributed by atoms with van der Waals surface area (Å²) in [6.45, 7) is 10.5. The Kier molecular flexibility index (Phi) is 4.46. The van der Waals surface area contributed by atoms with Crippen molar-refractivity contribution in [3.63, 3.8) is 0 Å². The topological polar surface area (TPSA) is 95.1 Å². The molecule has 0 aliphatic carbocycles. The molecule has 0 radical (unpaired) electrons. The molecule has 2 aromatic heterocycles. The van der Waals surface area contributed by atoms with E-state index in [0.717, 1.165) is 24.6 Å². The van der Waals surface area contributed by atoms with Crippen molar-refractivity contribution in [3.05, 3.63) is 29.5 Å². The summed E-state index contributed by atoms with van der Waals surface area (Å²) in [7, 11) is -3.50. The molecule has 0 spiro atoms. The molecule has 2 saturated heterocycles. The molecular weight excluding hydrogens is 364 g/mol. The van der Waals surface area contributed by atoms with E-state index in [1.807, 2.05) is 0 Å². The summed E-state index contributed by atoms with van der Waals surface area (Å²) < 4.78 is 27.8. The summed E-state index contributed by atoms with van der Waals surface area (Å²) in [5.41, 5.74) is 2.17. The number of sulfonamides is 1. The van der Waals surface area contributed by atoms with Gasteiger partial charge in [0.25, 0.3) is 0 Å². The van der Waals surface area contributed by atoms with Crippen LogP contribution >= 0.6 is 0 Å². The first kappa shape index (κ1) is 18.4. The van der Waals surface area contributed by atoms with Crippen LogP contribution in [0.5, 0.6) is 0 Å². The minimum Gasteiger partial charge on any atom is -0.356 e. The van der Waals surface area contributed by atoms with Gasteiger partial charge in [0.1, 0.15) is 17.0 Å². The van der Waals surface area contributed by atoms with E-state index in [-0.39, 0.29) is 0 Å². The summed E-state index contributed by atoms with van der Waals surface area (Å²) in [5, 5.41) is 6.83. The van der Waals surface area contributed by atoms with Crippen LogP contribution in [0, 0.1) is 25.7 Å². The molecule has 9 heteroatoms. The van der Waals surface area contributed by atoms with Gasteiger partial charge in [-0.25, -0.2) is 18.4 Å². The number of anilines is 1. The Hall–Kier alpha value is -2.00. The summed E-state index contributed by atoms with van der Waals surface area (Å²) in [6, 6.07) is 2.05. The van der Waals surface area contributed by atoms with E-state index in [2.05, 4.69) is 45.0 Å². The average molecular weight is 391 g/mol. The Morgan fingerprint density at radius 2 is 1.78 bits per heavy atom. The van der Waals surface area contributed by atoms with Crippen molar-refractivity contribution >= 4 is 15.8 Å². The maximum absolute atomic E-state index is 13.1. The predicted molar refractivity (Wildman–Crippen MR) is 102 cm³/mol. The maximum atomic E-state index is 13.1. The number of hydrogen-bond acceptors (Lipinski definition) is 6. The lowest BCUT2D eigenvalue weighted by Gasteiger charge is -2.22. The minimum absolute atomic E-state index is 0.324. The molecule has 0 amide bonds. The molecule has 1 N–H and O–H groups in total. The second-order valence-electron chi connectivity index (χ2n) is 7.97. The lowest BCUT2D eigenvalue weighted by molar-refractivity contribution is 0.452. The van der Waals surface area contributed by atoms with Gasteiger partial charge in [0.2, 0.25) is 10.0 Å². The van der Waals surface area contributed by atoms with Gasteiger partial charge in [-0.2, -0.15) is 9.40 Å². The van der Waals surface area contributed by atoms with E-state index in [0.29, 0.717) is 47.1 Å². The van der Waals surface area contributed by atoms with Crippen LogP contribution in [0.1, 0.15) is 36.8 Å².